The molecule has 6 rings (SSSR count). The molecule has 2 aromatic carbocycles. The van der Waals surface area contributed by atoms with Gasteiger partial charge in [-0.3, -0.25) is 15.0 Å². The van der Waals surface area contributed by atoms with Gasteiger partial charge in [-0.25, -0.2) is 0 Å². The number of fused-ring (bicyclic) bond motifs is 3. The lowest BCUT2D eigenvalue weighted by Gasteiger charge is -2.32. The molecule has 3 heteroatoms. The Kier molecular flexibility index (Phi) is 4.00. The van der Waals surface area contributed by atoms with Crippen LogP contribution in [0.4, 0.5) is 0 Å². The summed E-state index contributed by atoms with van der Waals surface area (Å²) in [5.41, 5.74) is 8.16. The zero-order chi connectivity index (χ0) is 20.7. The Bertz CT molecular complexity index is 1320. The van der Waals surface area contributed by atoms with E-state index in [9.17, 15) is 0 Å². The Labute approximate surface area is 181 Å². The van der Waals surface area contributed by atoms with Gasteiger partial charge in [-0.05, 0) is 58.7 Å². The number of hydrogen-bond acceptors (Lipinski definition) is 3. The average Bonchev–Trinajstić information content (AvgIpc) is 3.17. The standard InChI is InChI=1S/C28H19N3/c1-2-13-23-20(10-1)21-11-9-12-22(24-14-3-6-17-29-24)27(21)28(23,25-15-4-7-18-30-25)26-16-5-8-19-31-26/h1-19H. The summed E-state index contributed by atoms with van der Waals surface area (Å²) < 4.78 is 0. The molecule has 3 nitrogen and oxygen atoms in total. The van der Waals surface area contributed by atoms with Gasteiger partial charge in [0.1, 0.15) is 5.41 Å². The number of aromatic nitrogens is 3. The fraction of sp³-hybridized carbons (Fsp3) is 0.0357. The van der Waals surface area contributed by atoms with Crippen molar-refractivity contribution in [2.75, 3.05) is 0 Å². The smallest absolute Gasteiger partial charge is 0.106 e. The third kappa shape index (κ3) is 2.50. The molecule has 0 unspecified atom stereocenters. The number of pyridine rings is 3. The molecular formula is C28H19N3. The van der Waals surface area contributed by atoms with Crippen LogP contribution in [0.25, 0.3) is 22.4 Å². The van der Waals surface area contributed by atoms with Gasteiger partial charge in [0.15, 0.2) is 0 Å². The maximum atomic E-state index is 4.88. The minimum Gasteiger partial charge on any atom is -0.260 e. The molecule has 0 N–H and O–H groups in total. The first kappa shape index (κ1) is 17.7. The highest BCUT2D eigenvalue weighted by Gasteiger charge is 2.49. The summed E-state index contributed by atoms with van der Waals surface area (Å²) in [6.07, 6.45) is 5.58. The van der Waals surface area contributed by atoms with Crippen LogP contribution in [0.2, 0.25) is 0 Å². The first-order valence-corrected chi connectivity index (χ1v) is 10.4. The van der Waals surface area contributed by atoms with Crippen molar-refractivity contribution in [3.8, 4) is 22.4 Å². The molecule has 0 bridgehead atoms. The largest absolute Gasteiger partial charge is 0.260 e. The monoisotopic (exact) mass is 397 g/mol. The fourth-order valence-electron chi connectivity index (χ4n) is 4.93. The molecule has 31 heavy (non-hydrogen) atoms. The highest BCUT2D eigenvalue weighted by Crippen LogP contribution is 2.57. The average molecular weight is 397 g/mol. The van der Waals surface area contributed by atoms with E-state index in [0.717, 1.165) is 22.6 Å². The molecule has 1 aliphatic carbocycles. The predicted octanol–water partition coefficient (Wildman–Crippen LogP) is 5.90. The van der Waals surface area contributed by atoms with Crippen molar-refractivity contribution in [1.29, 1.82) is 0 Å². The van der Waals surface area contributed by atoms with Gasteiger partial charge in [0.2, 0.25) is 0 Å². The molecule has 5 aromatic rings. The quantitative estimate of drug-likeness (QED) is 0.373. The maximum absolute atomic E-state index is 4.88. The van der Waals surface area contributed by atoms with Gasteiger partial charge in [0, 0.05) is 24.2 Å². The number of nitrogens with zero attached hydrogens (tertiary/aromatic N) is 3. The van der Waals surface area contributed by atoms with Crippen LogP contribution in [0.1, 0.15) is 22.5 Å². The Balaban J connectivity index is 1.82. The summed E-state index contributed by atoms with van der Waals surface area (Å²) in [6, 6.07) is 33.4. The third-order valence-electron chi connectivity index (χ3n) is 6.10. The Morgan fingerprint density at radius 3 is 1.68 bits per heavy atom. The van der Waals surface area contributed by atoms with E-state index in [0.29, 0.717) is 0 Å². The molecule has 0 spiro atoms. The van der Waals surface area contributed by atoms with Crippen molar-refractivity contribution < 1.29 is 0 Å². The lowest BCUT2D eigenvalue weighted by atomic mass is 9.70. The lowest BCUT2D eigenvalue weighted by molar-refractivity contribution is 0.707. The van der Waals surface area contributed by atoms with Crippen molar-refractivity contribution in [2.24, 2.45) is 0 Å². The summed E-state index contributed by atoms with van der Waals surface area (Å²) >= 11 is 0. The predicted molar refractivity (Wildman–Crippen MR) is 123 cm³/mol. The van der Waals surface area contributed by atoms with Crippen LogP contribution in [0.15, 0.2) is 116 Å². The first-order valence-electron chi connectivity index (χ1n) is 10.4. The van der Waals surface area contributed by atoms with E-state index in [-0.39, 0.29) is 0 Å². The topological polar surface area (TPSA) is 38.7 Å². The summed E-state index contributed by atoms with van der Waals surface area (Å²) in [5, 5.41) is 0. The van der Waals surface area contributed by atoms with E-state index in [1.54, 1.807) is 0 Å². The summed E-state index contributed by atoms with van der Waals surface area (Å²) in [7, 11) is 0. The molecule has 1 aliphatic rings. The molecule has 146 valence electrons. The van der Waals surface area contributed by atoms with Gasteiger partial charge >= 0.3 is 0 Å². The molecule has 0 saturated heterocycles. The molecule has 0 radical (unpaired) electrons. The van der Waals surface area contributed by atoms with E-state index in [2.05, 4.69) is 72.8 Å². The van der Waals surface area contributed by atoms with Crippen LogP contribution in [0.5, 0.6) is 0 Å². The van der Waals surface area contributed by atoms with Gasteiger partial charge in [0.05, 0.1) is 17.1 Å². The molecule has 0 aliphatic heterocycles. The van der Waals surface area contributed by atoms with Crippen LogP contribution < -0.4 is 0 Å². The number of rotatable bonds is 3. The van der Waals surface area contributed by atoms with Gasteiger partial charge in [-0.15, -0.1) is 0 Å². The van der Waals surface area contributed by atoms with Crippen molar-refractivity contribution in [1.82, 2.24) is 15.0 Å². The molecule has 3 aromatic heterocycles. The minimum atomic E-state index is -0.622. The second kappa shape index (κ2) is 6.99. The van der Waals surface area contributed by atoms with Crippen LogP contribution in [0, 0.1) is 0 Å². The van der Waals surface area contributed by atoms with Gasteiger partial charge in [-0.1, -0.05) is 60.7 Å². The van der Waals surface area contributed by atoms with Crippen LogP contribution in [-0.4, -0.2) is 15.0 Å². The Morgan fingerprint density at radius 1 is 0.452 bits per heavy atom. The van der Waals surface area contributed by atoms with E-state index < -0.39 is 5.41 Å². The molecular weight excluding hydrogens is 378 g/mol. The summed E-state index contributed by atoms with van der Waals surface area (Å²) in [6.45, 7) is 0. The number of benzene rings is 2. The fourth-order valence-corrected chi connectivity index (χ4v) is 4.93. The van der Waals surface area contributed by atoms with Crippen molar-refractivity contribution in [3.63, 3.8) is 0 Å². The first-order chi connectivity index (χ1) is 15.4. The van der Waals surface area contributed by atoms with Crippen molar-refractivity contribution in [3.05, 3.63) is 138 Å². The van der Waals surface area contributed by atoms with Crippen molar-refractivity contribution >= 4 is 0 Å². The van der Waals surface area contributed by atoms with E-state index in [1.165, 1.54) is 22.3 Å². The molecule has 3 heterocycles. The lowest BCUT2D eigenvalue weighted by Crippen LogP contribution is -2.31. The Hall–Kier alpha value is -4.11. The minimum absolute atomic E-state index is 0.622. The van der Waals surface area contributed by atoms with Crippen LogP contribution >= 0.6 is 0 Å². The normalized spacial score (nSPS) is 13.4. The zero-order valence-electron chi connectivity index (χ0n) is 16.8. The Morgan fingerprint density at radius 2 is 1.03 bits per heavy atom. The highest BCUT2D eigenvalue weighted by molar-refractivity contribution is 5.91. The maximum Gasteiger partial charge on any atom is 0.106 e. The van der Waals surface area contributed by atoms with Crippen molar-refractivity contribution in [2.45, 2.75) is 5.41 Å². The number of hydrogen-bond donors (Lipinski definition) is 0. The van der Waals surface area contributed by atoms with Gasteiger partial charge < -0.3 is 0 Å². The molecule has 0 atom stereocenters. The molecule has 0 fully saturated rings. The van der Waals surface area contributed by atoms with E-state index in [1.807, 2.05) is 42.9 Å². The SMILES string of the molecule is c1ccc(-c2cccc3c2C(c2ccccn2)(c2ccccn2)c2ccccc2-3)nc1. The molecule has 0 amide bonds. The third-order valence-corrected chi connectivity index (χ3v) is 6.10. The summed E-state index contributed by atoms with van der Waals surface area (Å²) in [4.78, 5) is 14.5. The van der Waals surface area contributed by atoms with Gasteiger partial charge in [0.25, 0.3) is 0 Å². The van der Waals surface area contributed by atoms with Crippen LogP contribution in [-0.2, 0) is 5.41 Å². The van der Waals surface area contributed by atoms with E-state index >= 15 is 0 Å². The second-order valence-electron chi connectivity index (χ2n) is 7.67. The molecule has 0 saturated carbocycles. The second-order valence-corrected chi connectivity index (χ2v) is 7.67. The highest BCUT2D eigenvalue weighted by atomic mass is 14.8. The van der Waals surface area contributed by atoms with Gasteiger partial charge in [-0.2, -0.15) is 0 Å². The van der Waals surface area contributed by atoms with Crippen LogP contribution in [0.3, 0.4) is 0 Å². The van der Waals surface area contributed by atoms with E-state index in [4.69, 9.17) is 15.0 Å². The zero-order valence-corrected chi connectivity index (χ0v) is 16.8. The summed E-state index contributed by atoms with van der Waals surface area (Å²) in [5.74, 6) is 0.